The van der Waals surface area contributed by atoms with Crippen LogP contribution in [0.5, 0.6) is 0 Å². The van der Waals surface area contributed by atoms with Crippen molar-refractivity contribution in [3.05, 3.63) is 0 Å². The summed E-state index contributed by atoms with van der Waals surface area (Å²) < 4.78 is 39.8. The molecule has 0 atom stereocenters. The number of alkyl halides is 3. The maximum atomic E-state index is 10.5. The predicted molar refractivity (Wildman–Crippen MR) is 48.5 cm³/mol. The molecular formula is C8H19F3O4V. The summed E-state index contributed by atoms with van der Waals surface area (Å²) in [5.74, 6) is 0. The zero-order chi connectivity index (χ0) is 14.4. The Morgan fingerprint density at radius 1 is 1.00 bits per heavy atom. The third-order valence-corrected chi connectivity index (χ3v) is 0.179. The van der Waals surface area contributed by atoms with E-state index in [9.17, 15) is 13.2 Å². The van der Waals surface area contributed by atoms with Crippen LogP contribution in [0.1, 0.15) is 27.7 Å². The van der Waals surface area contributed by atoms with Crippen LogP contribution in [0.2, 0.25) is 0 Å². The van der Waals surface area contributed by atoms with Gasteiger partial charge in [-0.15, -0.1) is 0 Å². The number of aliphatic hydroxyl groups excluding tert-OH is 3. The molecule has 0 heterocycles. The summed E-state index contributed by atoms with van der Waals surface area (Å²) in [4.78, 5) is 0. The third-order valence-electron chi connectivity index (χ3n) is 0.179. The Bertz CT molecular complexity index is 109. The Morgan fingerprint density at radius 3 is 1.06 bits per heavy atom. The normalized spacial score (nSPS) is 9.19. The van der Waals surface area contributed by atoms with Gasteiger partial charge in [0.25, 0.3) is 0 Å². The van der Waals surface area contributed by atoms with Crippen molar-refractivity contribution in [3.8, 4) is 0 Å². The van der Waals surface area contributed by atoms with Crippen molar-refractivity contribution < 1.29 is 49.5 Å². The van der Waals surface area contributed by atoms with Crippen LogP contribution in [-0.4, -0.2) is 40.3 Å². The number of halogens is 3. The number of hydrogen-bond acceptors (Lipinski definition) is 4. The van der Waals surface area contributed by atoms with Crippen molar-refractivity contribution in [1.82, 2.24) is 0 Å². The molecule has 0 radical (unpaired) electrons. The predicted octanol–water partition coefficient (Wildman–Crippen LogP) is 1.19. The van der Waals surface area contributed by atoms with E-state index >= 15 is 0 Å². The van der Waals surface area contributed by atoms with E-state index in [1.807, 2.05) is 0 Å². The van der Waals surface area contributed by atoms with Crippen LogP contribution in [0.3, 0.4) is 0 Å². The van der Waals surface area contributed by atoms with Crippen LogP contribution in [0.4, 0.5) is 13.2 Å². The summed E-state index contributed by atoms with van der Waals surface area (Å²) in [6, 6.07) is 0. The minimum atomic E-state index is -4.40. The molecule has 0 aromatic heterocycles. The first-order valence-electron chi connectivity index (χ1n) is 4.25. The number of aliphatic hydroxyl groups is 3. The Hall–Kier alpha value is 0.0544. The summed E-state index contributed by atoms with van der Waals surface area (Å²) in [6.07, 6.45) is -4.74. The molecule has 0 bridgehead atoms. The molecule has 3 N–H and O–H groups in total. The van der Waals surface area contributed by atoms with Crippen LogP contribution in [-0.2, 0) is 21.0 Å². The molecule has 0 spiro atoms. The summed E-state index contributed by atoms with van der Waals surface area (Å²) in [6.45, 7) is 5.16. The van der Waals surface area contributed by atoms with Crippen LogP contribution in [0.25, 0.3) is 0 Å². The molecule has 0 rings (SSSR count). The van der Waals surface area contributed by atoms with E-state index in [1.54, 1.807) is 27.7 Å². The standard InChI is InChI=1S/2C3H8O.C2H3F3O.O.V/c2*1-3(2)4;3-2(4,5)1-6;;/h2*3-4H,1-2H3;6H,1H2;;. The van der Waals surface area contributed by atoms with Crippen molar-refractivity contribution >= 4 is 0 Å². The van der Waals surface area contributed by atoms with E-state index in [2.05, 4.69) is 0 Å². The second-order valence-electron chi connectivity index (χ2n) is 2.96. The average molecular weight is 287 g/mol. The van der Waals surface area contributed by atoms with Crippen molar-refractivity contribution in [3.63, 3.8) is 0 Å². The Labute approximate surface area is 103 Å². The van der Waals surface area contributed by atoms with Crippen LogP contribution >= 0.6 is 0 Å². The molecule has 8 heteroatoms. The van der Waals surface area contributed by atoms with Gasteiger partial charge in [0.2, 0.25) is 0 Å². The molecule has 0 fully saturated rings. The fraction of sp³-hybridized carbons (Fsp3) is 1.00. The molecule has 0 amide bonds. The van der Waals surface area contributed by atoms with Gasteiger partial charge in [-0.05, 0) is 27.7 Å². The Balaban J connectivity index is -0.0000000643. The Morgan fingerprint density at radius 2 is 1.06 bits per heavy atom. The fourth-order valence-corrected chi connectivity index (χ4v) is 0. The molecule has 0 aliphatic rings. The molecule has 16 heavy (non-hydrogen) atoms. The van der Waals surface area contributed by atoms with E-state index < -0.39 is 12.8 Å². The van der Waals surface area contributed by atoms with Crippen LogP contribution in [0, 0.1) is 0 Å². The molecule has 0 saturated heterocycles. The average Bonchev–Trinajstić information content (AvgIpc) is 2.04. The summed E-state index contributed by atoms with van der Waals surface area (Å²) >= 11 is 1.06. The van der Waals surface area contributed by atoms with Crippen LogP contribution in [0.15, 0.2) is 0 Å². The fourth-order valence-electron chi connectivity index (χ4n) is 0. The zero-order valence-corrected chi connectivity index (χ0v) is 11.1. The van der Waals surface area contributed by atoms with Crippen molar-refractivity contribution in [1.29, 1.82) is 0 Å². The van der Waals surface area contributed by atoms with Gasteiger partial charge >= 0.3 is 27.2 Å². The first kappa shape index (κ1) is 25.0. The van der Waals surface area contributed by atoms with E-state index in [0.717, 1.165) is 17.4 Å². The molecule has 101 valence electrons. The summed E-state index contributed by atoms with van der Waals surface area (Å²) in [7, 11) is 0. The Kier molecular flexibility index (Phi) is 27.3. The maximum absolute atomic E-state index is 10.5. The molecule has 0 unspecified atom stereocenters. The zero-order valence-electron chi connectivity index (χ0n) is 9.69. The first-order chi connectivity index (χ1) is 7.02. The van der Waals surface area contributed by atoms with Crippen LogP contribution < -0.4 is 0 Å². The van der Waals surface area contributed by atoms with E-state index in [1.165, 1.54) is 0 Å². The van der Waals surface area contributed by atoms with Gasteiger partial charge in [-0.3, -0.25) is 0 Å². The van der Waals surface area contributed by atoms with Gasteiger partial charge in [0, 0.05) is 12.2 Å². The molecule has 0 saturated carbocycles. The third kappa shape index (κ3) is 257. The monoisotopic (exact) mass is 287 g/mol. The molecule has 0 aliphatic heterocycles. The van der Waals surface area contributed by atoms with Crippen molar-refractivity contribution in [2.75, 3.05) is 6.61 Å². The van der Waals surface area contributed by atoms with Gasteiger partial charge in [-0.25, -0.2) is 0 Å². The van der Waals surface area contributed by atoms with Gasteiger partial charge in [0.15, 0.2) is 0 Å². The van der Waals surface area contributed by atoms with Crippen molar-refractivity contribution in [2.24, 2.45) is 0 Å². The van der Waals surface area contributed by atoms with Gasteiger partial charge in [-0.1, -0.05) is 0 Å². The van der Waals surface area contributed by atoms with E-state index in [-0.39, 0.29) is 12.2 Å². The second kappa shape index (κ2) is 17.4. The molecular weight excluding hydrogens is 268 g/mol. The minimum absolute atomic E-state index is 0.167. The molecule has 4 nitrogen and oxygen atoms in total. The number of hydrogen-bond donors (Lipinski definition) is 3. The summed E-state index contributed by atoms with van der Waals surface area (Å²) in [5, 5.41) is 23.4. The van der Waals surface area contributed by atoms with Crippen molar-refractivity contribution in [2.45, 2.75) is 46.1 Å². The molecule has 0 aromatic rings. The van der Waals surface area contributed by atoms with Gasteiger partial charge in [-0.2, -0.15) is 13.2 Å². The SMILES string of the molecule is CC(C)O.CC(C)O.OCC(F)(F)F.[O]=[V]. The van der Waals surface area contributed by atoms with Gasteiger partial charge in [0.1, 0.15) is 6.61 Å². The van der Waals surface area contributed by atoms with E-state index in [0.29, 0.717) is 0 Å². The van der Waals surface area contributed by atoms with Gasteiger partial charge in [0.05, 0.1) is 0 Å². The summed E-state index contributed by atoms with van der Waals surface area (Å²) in [5.41, 5.74) is 0. The second-order valence-corrected chi connectivity index (χ2v) is 2.96. The molecule has 0 aliphatic carbocycles. The number of rotatable bonds is 0. The quantitative estimate of drug-likeness (QED) is 0.625. The van der Waals surface area contributed by atoms with Gasteiger partial charge < -0.3 is 15.3 Å². The molecule has 0 aromatic carbocycles. The first-order valence-corrected chi connectivity index (χ1v) is 4.82. The van der Waals surface area contributed by atoms with E-state index in [4.69, 9.17) is 19.0 Å². The topological polar surface area (TPSA) is 77.8 Å².